The van der Waals surface area contributed by atoms with Crippen LogP contribution in [0.2, 0.25) is 0 Å². The Morgan fingerprint density at radius 1 is 1.15 bits per heavy atom. The van der Waals surface area contributed by atoms with Crippen LogP contribution in [0.25, 0.3) is 0 Å². The van der Waals surface area contributed by atoms with Crippen LogP contribution in [-0.2, 0) is 16.0 Å². The summed E-state index contributed by atoms with van der Waals surface area (Å²) in [5, 5.41) is 2.89. The number of hydrogen-bond acceptors (Lipinski definition) is 3. The van der Waals surface area contributed by atoms with Gasteiger partial charge in [-0.1, -0.05) is 45.9 Å². The molecule has 1 N–H and O–H groups in total. The minimum absolute atomic E-state index is 0.0849. The van der Waals surface area contributed by atoms with Gasteiger partial charge >= 0.3 is 0 Å². The van der Waals surface area contributed by atoms with E-state index in [9.17, 15) is 14.0 Å². The molecule has 178 valence electrons. The number of benzene rings is 2. The van der Waals surface area contributed by atoms with Crippen molar-refractivity contribution in [1.82, 2.24) is 10.2 Å². The minimum Gasteiger partial charge on any atom is -0.481 e. The number of halogens is 1. The monoisotopic (exact) mass is 454 g/mol. The van der Waals surface area contributed by atoms with Crippen LogP contribution < -0.4 is 10.1 Å². The SMILES string of the molecule is CCCNC(=O)C(CC)Oc1ccc2c(c1)C(c1ccc(F)cc1)N(C(=O)CC(C)C)CC2. The molecule has 2 aromatic carbocycles. The standard InChI is InChI=1S/C27H35FN2O3/c1-5-14-29-27(32)24(6-2)33-22-12-9-19-13-15-30(25(31)16-18(3)4)26(23(19)17-22)20-7-10-21(28)11-8-20/h7-12,17-18,24,26H,5-6,13-16H2,1-4H3,(H,29,32). The molecule has 6 heteroatoms. The van der Waals surface area contributed by atoms with Crippen molar-refractivity contribution in [3.63, 3.8) is 0 Å². The van der Waals surface area contributed by atoms with Gasteiger partial charge in [0.25, 0.3) is 5.91 Å². The van der Waals surface area contributed by atoms with Crippen molar-refractivity contribution < 1.29 is 18.7 Å². The number of amides is 2. The Balaban J connectivity index is 1.96. The van der Waals surface area contributed by atoms with Crippen LogP contribution in [0.5, 0.6) is 5.75 Å². The smallest absolute Gasteiger partial charge is 0.261 e. The van der Waals surface area contributed by atoms with Gasteiger partial charge in [-0.25, -0.2) is 4.39 Å². The van der Waals surface area contributed by atoms with Crippen LogP contribution in [0.15, 0.2) is 42.5 Å². The number of nitrogens with zero attached hydrogens (tertiary/aromatic N) is 1. The van der Waals surface area contributed by atoms with E-state index < -0.39 is 6.10 Å². The summed E-state index contributed by atoms with van der Waals surface area (Å²) >= 11 is 0. The van der Waals surface area contributed by atoms with Crippen LogP contribution in [0.1, 0.15) is 69.7 Å². The average molecular weight is 455 g/mol. The molecule has 0 spiro atoms. The molecule has 1 aliphatic heterocycles. The van der Waals surface area contributed by atoms with Crippen molar-refractivity contribution in [1.29, 1.82) is 0 Å². The lowest BCUT2D eigenvalue weighted by Gasteiger charge is -2.38. The number of hydrogen-bond donors (Lipinski definition) is 1. The fourth-order valence-corrected chi connectivity index (χ4v) is 4.25. The Hall–Kier alpha value is -2.89. The predicted molar refractivity (Wildman–Crippen MR) is 128 cm³/mol. The molecule has 2 atom stereocenters. The van der Waals surface area contributed by atoms with Gasteiger partial charge in [0.15, 0.2) is 6.10 Å². The van der Waals surface area contributed by atoms with Crippen LogP contribution in [0.4, 0.5) is 4.39 Å². The third kappa shape index (κ3) is 6.12. The van der Waals surface area contributed by atoms with Crippen LogP contribution in [0, 0.1) is 11.7 Å². The van der Waals surface area contributed by atoms with E-state index in [2.05, 4.69) is 5.32 Å². The molecule has 0 bridgehead atoms. The van der Waals surface area contributed by atoms with E-state index in [1.165, 1.54) is 12.1 Å². The molecule has 0 saturated heterocycles. The second-order valence-corrected chi connectivity index (χ2v) is 9.06. The average Bonchev–Trinajstić information content (AvgIpc) is 2.80. The molecule has 2 aromatic rings. The topological polar surface area (TPSA) is 58.6 Å². The maximum atomic E-state index is 13.6. The van der Waals surface area contributed by atoms with Crippen molar-refractivity contribution in [3.8, 4) is 5.75 Å². The summed E-state index contributed by atoms with van der Waals surface area (Å²) in [5.74, 6) is 0.491. The normalized spacial score (nSPS) is 16.3. The molecule has 33 heavy (non-hydrogen) atoms. The predicted octanol–water partition coefficient (Wildman–Crippen LogP) is 5.03. The minimum atomic E-state index is -0.582. The summed E-state index contributed by atoms with van der Waals surface area (Å²) in [6, 6.07) is 11.9. The molecule has 2 amide bonds. The summed E-state index contributed by atoms with van der Waals surface area (Å²) in [6.07, 6.45) is 2.03. The van der Waals surface area contributed by atoms with Crippen molar-refractivity contribution in [2.45, 2.75) is 65.5 Å². The third-order valence-electron chi connectivity index (χ3n) is 5.93. The second-order valence-electron chi connectivity index (χ2n) is 9.06. The highest BCUT2D eigenvalue weighted by Gasteiger charge is 2.33. The molecule has 1 aliphatic rings. The summed E-state index contributed by atoms with van der Waals surface area (Å²) in [7, 11) is 0. The number of rotatable bonds is 9. The lowest BCUT2D eigenvalue weighted by molar-refractivity contribution is -0.134. The molecule has 0 radical (unpaired) electrons. The number of ether oxygens (including phenoxy) is 1. The Morgan fingerprint density at radius 2 is 1.88 bits per heavy atom. The van der Waals surface area contributed by atoms with Gasteiger partial charge in [-0.05, 0) is 66.1 Å². The maximum absolute atomic E-state index is 13.6. The fourth-order valence-electron chi connectivity index (χ4n) is 4.25. The third-order valence-corrected chi connectivity index (χ3v) is 5.93. The Bertz CT molecular complexity index is 958. The number of carbonyl (C=O) groups excluding carboxylic acids is 2. The molecule has 0 aromatic heterocycles. The highest BCUT2D eigenvalue weighted by molar-refractivity contribution is 5.81. The van der Waals surface area contributed by atoms with Gasteiger partial charge in [0.2, 0.25) is 5.91 Å². The molecular formula is C27H35FN2O3. The first-order chi connectivity index (χ1) is 15.8. The largest absolute Gasteiger partial charge is 0.481 e. The Labute approximate surface area is 196 Å². The molecule has 0 fully saturated rings. The number of fused-ring (bicyclic) bond motifs is 1. The van der Waals surface area contributed by atoms with E-state index in [-0.39, 0.29) is 29.6 Å². The van der Waals surface area contributed by atoms with Gasteiger partial charge in [0, 0.05) is 19.5 Å². The first kappa shape index (κ1) is 24.7. The van der Waals surface area contributed by atoms with E-state index in [1.54, 1.807) is 12.1 Å². The molecule has 0 saturated carbocycles. The first-order valence-corrected chi connectivity index (χ1v) is 12.0. The maximum Gasteiger partial charge on any atom is 0.261 e. The van der Waals surface area contributed by atoms with Crippen molar-refractivity contribution in [2.24, 2.45) is 5.92 Å². The molecule has 3 rings (SSSR count). The van der Waals surface area contributed by atoms with Crippen LogP contribution >= 0.6 is 0 Å². The lowest BCUT2D eigenvalue weighted by Crippen LogP contribution is -2.41. The summed E-state index contributed by atoms with van der Waals surface area (Å²) < 4.78 is 19.7. The Morgan fingerprint density at radius 3 is 2.52 bits per heavy atom. The summed E-state index contributed by atoms with van der Waals surface area (Å²) in [5.41, 5.74) is 2.96. The zero-order valence-electron chi connectivity index (χ0n) is 20.1. The quantitative estimate of drug-likeness (QED) is 0.578. The van der Waals surface area contributed by atoms with Crippen molar-refractivity contribution >= 4 is 11.8 Å². The fraction of sp³-hybridized carbons (Fsp3) is 0.481. The number of carbonyl (C=O) groups is 2. The Kier molecular flexibility index (Phi) is 8.48. The lowest BCUT2D eigenvalue weighted by atomic mass is 9.87. The van der Waals surface area contributed by atoms with Gasteiger partial charge in [-0.3, -0.25) is 9.59 Å². The van der Waals surface area contributed by atoms with E-state index in [0.717, 1.165) is 29.5 Å². The van der Waals surface area contributed by atoms with Crippen LogP contribution in [-0.4, -0.2) is 35.9 Å². The number of nitrogens with one attached hydrogen (secondary N) is 1. The molecule has 5 nitrogen and oxygen atoms in total. The van der Waals surface area contributed by atoms with Gasteiger partial charge < -0.3 is 15.0 Å². The van der Waals surface area contributed by atoms with E-state index in [1.807, 2.05) is 50.8 Å². The van der Waals surface area contributed by atoms with Gasteiger partial charge in [-0.2, -0.15) is 0 Å². The molecular weight excluding hydrogens is 419 g/mol. The van der Waals surface area contributed by atoms with Crippen LogP contribution in [0.3, 0.4) is 0 Å². The van der Waals surface area contributed by atoms with Gasteiger partial charge in [0.05, 0.1) is 6.04 Å². The highest BCUT2D eigenvalue weighted by Crippen LogP contribution is 2.38. The molecule has 0 aliphatic carbocycles. The van der Waals surface area contributed by atoms with Crippen molar-refractivity contribution in [3.05, 3.63) is 65.0 Å². The van der Waals surface area contributed by atoms with Crippen molar-refractivity contribution in [2.75, 3.05) is 13.1 Å². The zero-order valence-corrected chi connectivity index (χ0v) is 20.1. The zero-order chi connectivity index (χ0) is 24.0. The van der Waals surface area contributed by atoms with E-state index in [0.29, 0.717) is 31.7 Å². The molecule has 2 unspecified atom stereocenters. The summed E-state index contributed by atoms with van der Waals surface area (Å²) in [4.78, 5) is 27.5. The molecule has 1 heterocycles. The van der Waals surface area contributed by atoms with Gasteiger partial charge in [0.1, 0.15) is 11.6 Å². The van der Waals surface area contributed by atoms with E-state index in [4.69, 9.17) is 4.74 Å². The van der Waals surface area contributed by atoms with Gasteiger partial charge in [-0.15, -0.1) is 0 Å². The highest BCUT2D eigenvalue weighted by atomic mass is 19.1. The first-order valence-electron chi connectivity index (χ1n) is 12.0. The second kappa shape index (κ2) is 11.3. The summed E-state index contributed by atoms with van der Waals surface area (Å²) in [6.45, 7) is 9.21. The van der Waals surface area contributed by atoms with E-state index >= 15 is 0 Å².